The van der Waals surface area contributed by atoms with E-state index in [1.165, 1.54) is 193 Å². The van der Waals surface area contributed by atoms with E-state index in [9.17, 15) is 19.0 Å². The molecule has 0 spiro atoms. The number of hydrogen-bond acceptors (Lipinski definition) is 7. The summed E-state index contributed by atoms with van der Waals surface area (Å²) >= 11 is 0. The Hall–Kier alpha value is -1.77. The zero-order chi connectivity index (χ0) is 54.3. The quantitative estimate of drug-likeness (QED) is 0.0212. The Labute approximate surface area is 459 Å². The fraction of sp³-hybridized carbons (Fsp3) is 0.875. The number of nitrogens with one attached hydrogen (secondary N) is 1. The fourth-order valence-corrected chi connectivity index (χ4v) is 10.2. The third kappa shape index (κ3) is 55.0. The summed E-state index contributed by atoms with van der Waals surface area (Å²) < 4.78 is 30.3. The van der Waals surface area contributed by atoms with Gasteiger partial charge in [0.1, 0.15) is 19.3 Å². The van der Waals surface area contributed by atoms with Crippen LogP contribution in [0.3, 0.4) is 0 Å². The fourth-order valence-electron chi connectivity index (χ4n) is 9.44. The van der Waals surface area contributed by atoms with Gasteiger partial charge in [-0.25, -0.2) is 0 Å². The highest BCUT2D eigenvalue weighted by Crippen LogP contribution is 2.38. The summed E-state index contributed by atoms with van der Waals surface area (Å²) in [5.41, 5.74) is 0. The van der Waals surface area contributed by atoms with Crippen molar-refractivity contribution >= 4 is 19.7 Å². The second kappa shape index (κ2) is 54.6. The minimum atomic E-state index is -4.69. The maximum absolute atomic E-state index is 13.5. The van der Waals surface area contributed by atoms with Crippen molar-refractivity contribution in [3.05, 3.63) is 36.5 Å². The van der Waals surface area contributed by atoms with Crippen molar-refractivity contribution in [2.24, 2.45) is 0 Å². The van der Waals surface area contributed by atoms with Gasteiger partial charge in [-0.15, -0.1) is 0 Å². The van der Waals surface area contributed by atoms with Gasteiger partial charge in [0.15, 0.2) is 0 Å². The Bertz CT molecular complexity index is 1360. The number of hydrogen-bond donors (Lipinski definition) is 1. The molecule has 1 N–H and O–H groups in total. The largest absolute Gasteiger partial charge is 0.756 e. The van der Waals surface area contributed by atoms with E-state index in [1.54, 1.807) is 0 Å². The molecule has 436 valence electrons. The Morgan fingerprint density at radius 2 is 0.865 bits per heavy atom. The van der Waals surface area contributed by atoms with E-state index in [1.807, 2.05) is 33.3 Å². The zero-order valence-electron chi connectivity index (χ0n) is 49.8. The molecular weight excluding hydrogens is 940 g/mol. The summed E-state index contributed by atoms with van der Waals surface area (Å²) in [7, 11) is 1.19. The number of nitrogens with zero attached hydrogens (tertiary/aromatic N) is 1. The molecule has 0 heterocycles. The molecule has 0 saturated heterocycles. The van der Waals surface area contributed by atoms with Gasteiger partial charge < -0.3 is 28.5 Å². The Balaban J connectivity index is 5.07. The second-order valence-electron chi connectivity index (χ2n) is 22.9. The van der Waals surface area contributed by atoms with Gasteiger partial charge in [0.05, 0.1) is 33.8 Å². The van der Waals surface area contributed by atoms with E-state index in [-0.39, 0.29) is 31.5 Å². The monoisotopic (exact) mass is 1060 g/mol. The standard InChI is InChI=1S/C64H123N2O7P/c1-7-10-13-16-19-22-25-27-29-30-31-32-33-34-35-36-37-38-41-44-47-50-53-56-63(67)65-61(60-72-74(69,70)71-59-58-66(4,5)6)62(55-52-49-46-43-40-24-21-18-15-12-9-3)73-64(68)57-54-51-48-45-42-39-28-26-23-20-17-14-11-8-2/h11,14,20,23,52,55,61-62H,7-10,12-13,15-19,21-22,24-51,53-54,56-60H2,1-6H3,(H-,65,67,69,70)/b14-11+,23-20+,55-52-. The van der Waals surface area contributed by atoms with Crippen molar-refractivity contribution in [1.82, 2.24) is 5.32 Å². The Morgan fingerprint density at radius 1 is 0.486 bits per heavy atom. The van der Waals surface area contributed by atoms with Crippen LogP contribution in [0.2, 0.25) is 0 Å². The summed E-state index contributed by atoms with van der Waals surface area (Å²) in [4.78, 5) is 39.9. The number of phosphoric acid groups is 1. The summed E-state index contributed by atoms with van der Waals surface area (Å²) in [6, 6.07) is -0.887. The molecule has 0 bridgehead atoms. The van der Waals surface area contributed by atoms with Crippen LogP contribution in [0.4, 0.5) is 0 Å². The molecule has 0 aromatic heterocycles. The SMILES string of the molecule is CC/C=C/C/C=C/CCCCCCCCCC(=O)OC(/C=C\CCCCCCCCCCC)C(COP(=O)([O-])OCC[N+](C)(C)C)NC(=O)CCCCCCCCCCCCCCCCCCCCCCCCC. The van der Waals surface area contributed by atoms with Crippen LogP contribution in [0, 0.1) is 0 Å². The molecule has 1 amide bonds. The molecule has 74 heavy (non-hydrogen) atoms. The molecular formula is C64H123N2O7P. The molecule has 0 aliphatic heterocycles. The number of likely N-dealkylation sites (N-methyl/N-ethyl adjacent to an activating group) is 1. The first-order valence-corrected chi connectivity index (χ1v) is 33.3. The van der Waals surface area contributed by atoms with Crippen molar-refractivity contribution < 1.29 is 37.3 Å². The number of phosphoric ester groups is 1. The summed E-state index contributed by atoms with van der Waals surface area (Å²) in [6.07, 6.45) is 65.5. The normalized spacial score (nSPS) is 13.9. The number of esters is 1. The Kier molecular flexibility index (Phi) is 53.3. The number of unbranched alkanes of at least 4 members (excludes halogenated alkanes) is 38. The van der Waals surface area contributed by atoms with Crippen LogP contribution in [0.5, 0.6) is 0 Å². The first kappa shape index (κ1) is 72.2. The lowest BCUT2D eigenvalue weighted by molar-refractivity contribution is -0.870. The van der Waals surface area contributed by atoms with Crippen molar-refractivity contribution in [3.63, 3.8) is 0 Å². The predicted octanol–water partition coefficient (Wildman–Crippen LogP) is 18.9. The van der Waals surface area contributed by atoms with Crippen molar-refractivity contribution in [1.29, 1.82) is 0 Å². The number of ether oxygens (including phenoxy) is 1. The minimum Gasteiger partial charge on any atom is -0.756 e. The molecule has 0 aliphatic rings. The summed E-state index contributed by atoms with van der Waals surface area (Å²) in [5.74, 6) is -0.538. The predicted molar refractivity (Wildman–Crippen MR) is 316 cm³/mol. The van der Waals surface area contributed by atoms with Gasteiger partial charge in [0.25, 0.3) is 7.82 Å². The molecule has 0 fully saturated rings. The number of rotatable bonds is 58. The number of carbonyl (C=O) groups is 2. The zero-order valence-corrected chi connectivity index (χ0v) is 50.7. The molecule has 3 atom stereocenters. The van der Waals surface area contributed by atoms with E-state index < -0.39 is 20.0 Å². The maximum atomic E-state index is 13.5. The third-order valence-corrected chi connectivity index (χ3v) is 15.3. The van der Waals surface area contributed by atoms with Gasteiger partial charge >= 0.3 is 5.97 Å². The molecule has 10 heteroatoms. The molecule has 0 radical (unpaired) electrons. The van der Waals surface area contributed by atoms with E-state index in [2.05, 4.69) is 50.4 Å². The summed E-state index contributed by atoms with van der Waals surface area (Å²) in [6.45, 7) is 6.76. The van der Waals surface area contributed by atoms with Crippen LogP contribution in [0.1, 0.15) is 310 Å². The lowest BCUT2D eigenvalue weighted by Crippen LogP contribution is -2.47. The minimum absolute atomic E-state index is 0.0214. The molecule has 0 aromatic rings. The van der Waals surface area contributed by atoms with Gasteiger partial charge in [-0.05, 0) is 57.4 Å². The highest BCUT2D eigenvalue weighted by atomic mass is 31.2. The van der Waals surface area contributed by atoms with Crippen molar-refractivity contribution in [2.75, 3.05) is 40.9 Å². The number of allylic oxidation sites excluding steroid dienone is 5. The smallest absolute Gasteiger partial charge is 0.306 e. The van der Waals surface area contributed by atoms with Crippen molar-refractivity contribution in [2.45, 2.75) is 322 Å². The third-order valence-electron chi connectivity index (χ3n) is 14.3. The maximum Gasteiger partial charge on any atom is 0.306 e. The molecule has 0 saturated carbocycles. The van der Waals surface area contributed by atoms with E-state index in [0.29, 0.717) is 17.4 Å². The summed E-state index contributed by atoms with van der Waals surface area (Å²) in [5, 5.41) is 3.03. The lowest BCUT2D eigenvalue weighted by Gasteiger charge is -2.30. The number of quaternary nitrogens is 1. The lowest BCUT2D eigenvalue weighted by atomic mass is 10.0. The van der Waals surface area contributed by atoms with Gasteiger partial charge in [-0.2, -0.15) is 0 Å². The molecule has 0 aliphatic carbocycles. The van der Waals surface area contributed by atoms with Gasteiger partial charge in [0.2, 0.25) is 5.91 Å². The molecule has 9 nitrogen and oxygen atoms in total. The topological polar surface area (TPSA) is 114 Å². The van der Waals surface area contributed by atoms with E-state index in [0.717, 1.165) is 83.5 Å². The highest BCUT2D eigenvalue weighted by Gasteiger charge is 2.27. The van der Waals surface area contributed by atoms with E-state index in [4.69, 9.17) is 13.8 Å². The molecule has 0 rings (SSSR count). The second-order valence-corrected chi connectivity index (χ2v) is 24.3. The van der Waals surface area contributed by atoms with Crippen LogP contribution in [-0.2, 0) is 27.9 Å². The van der Waals surface area contributed by atoms with Gasteiger partial charge in [-0.1, -0.05) is 276 Å². The van der Waals surface area contributed by atoms with Crippen LogP contribution in [-0.4, -0.2) is 69.4 Å². The van der Waals surface area contributed by atoms with Crippen LogP contribution >= 0.6 is 7.82 Å². The first-order valence-electron chi connectivity index (χ1n) is 31.8. The highest BCUT2D eigenvalue weighted by molar-refractivity contribution is 7.45. The molecule has 0 aromatic carbocycles. The number of amides is 1. The van der Waals surface area contributed by atoms with E-state index >= 15 is 0 Å². The van der Waals surface area contributed by atoms with Gasteiger partial charge in [0, 0.05) is 12.8 Å². The molecule has 3 unspecified atom stereocenters. The average molecular weight is 1060 g/mol. The van der Waals surface area contributed by atoms with Crippen LogP contribution < -0.4 is 10.2 Å². The van der Waals surface area contributed by atoms with Crippen LogP contribution in [0.25, 0.3) is 0 Å². The Morgan fingerprint density at radius 3 is 1.28 bits per heavy atom. The van der Waals surface area contributed by atoms with Gasteiger partial charge in [-0.3, -0.25) is 14.2 Å². The van der Waals surface area contributed by atoms with Crippen molar-refractivity contribution in [3.8, 4) is 0 Å². The average Bonchev–Trinajstić information content (AvgIpc) is 3.36. The first-order chi connectivity index (χ1) is 35.9. The number of carbonyl (C=O) groups excluding carboxylic acids is 2. The van der Waals surface area contributed by atoms with Crippen LogP contribution in [0.15, 0.2) is 36.5 Å².